The van der Waals surface area contributed by atoms with Gasteiger partial charge in [0.05, 0.1) is 67.7 Å². The Balaban J connectivity index is 0.000000135. The van der Waals surface area contributed by atoms with E-state index in [1.807, 2.05) is 72.8 Å². The molecule has 0 amide bonds. The van der Waals surface area contributed by atoms with Crippen LogP contribution in [0.2, 0.25) is 20.5 Å². The number of halogens is 4. The van der Waals surface area contributed by atoms with Crippen LogP contribution in [0.5, 0.6) is 23.5 Å². The van der Waals surface area contributed by atoms with Gasteiger partial charge in [-0.25, -0.2) is 9.97 Å². The lowest BCUT2D eigenvalue weighted by molar-refractivity contribution is -0.386. The van der Waals surface area contributed by atoms with Crippen LogP contribution < -0.4 is 71.3 Å². The van der Waals surface area contributed by atoms with Gasteiger partial charge >= 0.3 is 11.4 Å². The van der Waals surface area contributed by atoms with Crippen molar-refractivity contribution in [3.63, 3.8) is 0 Å². The van der Waals surface area contributed by atoms with Crippen molar-refractivity contribution in [1.29, 1.82) is 0 Å². The molecule has 2 aromatic carbocycles. The molecule has 106 heavy (non-hydrogen) atoms. The van der Waals surface area contributed by atoms with Gasteiger partial charge in [0.1, 0.15) is 52.6 Å². The molecule has 8 fully saturated rings. The van der Waals surface area contributed by atoms with E-state index in [9.17, 15) is 29.4 Å². The number of hydrogen-bond donors (Lipinski definition) is 5. The molecule has 0 bridgehead atoms. The number of nitrogens with one attached hydrogen (secondary N) is 4. The van der Waals surface area contributed by atoms with Crippen molar-refractivity contribution >= 4 is 140 Å². The SMILES string of the molecule is C1CC2(C1)CNC2.COc1nc(Cl)ccc1[N+](=O)[O-].COc1nc(N2CC3(CCC3)C2)ccc1N.COc1nc(N2CC3(CCC3)C2)ccc1Nc1ncc(Cl)c(Nc2ccccc2P(C)(C)=O)n1.COc1nc(N2CC3(CCC3)C2)ccc1[N+](=O)[O-].CP(C)(=O)c1ccccc1Nc1nc(Cl)ncc1Cl. The molecule has 6 N–H and O–H groups in total. The molecule has 34 heteroatoms. The maximum Gasteiger partial charge on any atom is 0.331 e. The number of anilines is 10. The van der Waals surface area contributed by atoms with Gasteiger partial charge in [-0.05, 0) is 156 Å². The molecule has 4 saturated carbocycles. The quantitative estimate of drug-likeness (QED) is 0.0186. The molecule has 6 aromatic heterocycles. The Morgan fingerprint density at radius 1 is 0.472 bits per heavy atom. The summed E-state index contributed by atoms with van der Waals surface area (Å²) in [5.41, 5.74) is 10.6. The molecule has 8 aliphatic rings. The maximum absolute atomic E-state index is 12.7. The highest BCUT2D eigenvalue weighted by molar-refractivity contribution is 7.70. The summed E-state index contributed by atoms with van der Waals surface area (Å²) < 4.78 is 45.3. The minimum atomic E-state index is -2.50. The minimum Gasteiger partial charge on any atom is -0.479 e. The number of nitrogen functional groups attached to an aromatic ring is 1. The van der Waals surface area contributed by atoms with Crippen LogP contribution in [0.1, 0.15) is 77.0 Å². The number of methoxy groups -OCH3 is 4. The van der Waals surface area contributed by atoms with Gasteiger partial charge in [0, 0.05) is 91.3 Å². The number of nitrogens with two attached hydrogens (primary N) is 1. The number of benzene rings is 2. The first kappa shape index (κ1) is 78.5. The Morgan fingerprint density at radius 3 is 1.27 bits per heavy atom. The van der Waals surface area contributed by atoms with Gasteiger partial charge in [-0.3, -0.25) is 20.2 Å². The Hall–Kier alpha value is -8.62. The third kappa shape index (κ3) is 18.7. The number of nitro groups is 2. The molecule has 8 aromatic rings. The second kappa shape index (κ2) is 33.3. The summed E-state index contributed by atoms with van der Waals surface area (Å²) in [7, 11) is 1.01. The number of para-hydroxylation sites is 2. The molecule has 0 radical (unpaired) electrons. The number of nitrogens with zero attached hydrogens (tertiary/aromatic N) is 13. The Kier molecular flexibility index (Phi) is 24.6. The van der Waals surface area contributed by atoms with Crippen LogP contribution in [-0.2, 0) is 9.13 Å². The van der Waals surface area contributed by atoms with Crippen LogP contribution in [0.3, 0.4) is 0 Å². The van der Waals surface area contributed by atoms with E-state index in [0.717, 1.165) is 72.7 Å². The molecule has 16 rings (SSSR count). The fraction of sp³-hybridized carbons (Fsp3) is 0.444. The van der Waals surface area contributed by atoms with Crippen LogP contribution in [0.15, 0.2) is 109 Å². The highest BCUT2D eigenvalue weighted by Crippen LogP contribution is 2.52. The van der Waals surface area contributed by atoms with Crippen LogP contribution >= 0.6 is 60.7 Å². The van der Waals surface area contributed by atoms with Gasteiger partial charge in [-0.2, -0.15) is 29.9 Å². The van der Waals surface area contributed by atoms with Gasteiger partial charge < -0.3 is 69.8 Å². The fourth-order valence-electron chi connectivity index (χ4n) is 13.9. The highest BCUT2D eigenvalue weighted by atomic mass is 35.5. The summed E-state index contributed by atoms with van der Waals surface area (Å²) >= 11 is 23.6. The molecule has 564 valence electrons. The van der Waals surface area contributed by atoms with E-state index >= 15 is 0 Å². The third-order valence-electron chi connectivity index (χ3n) is 20.5. The minimum absolute atomic E-state index is 0.0764. The second-order valence-electron chi connectivity index (χ2n) is 28.8. The molecule has 10 heterocycles. The van der Waals surface area contributed by atoms with Crippen LogP contribution in [0.4, 0.5) is 69.2 Å². The van der Waals surface area contributed by atoms with E-state index in [-0.39, 0.29) is 33.6 Å². The van der Waals surface area contributed by atoms with Gasteiger partial charge in [0.25, 0.3) is 11.8 Å². The van der Waals surface area contributed by atoms with Crippen molar-refractivity contribution in [2.45, 2.75) is 77.0 Å². The molecule has 28 nitrogen and oxygen atoms in total. The first-order valence-electron chi connectivity index (χ1n) is 34.7. The van der Waals surface area contributed by atoms with Crippen molar-refractivity contribution in [3.05, 3.63) is 150 Å². The molecule has 4 aliphatic carbocycles. The summed E-state index contributed by atoms with van der Waals surface area (Å²) in [6, 6.07) is 28.3. The van der Waals surface area contributed by atoms with E-state index in [1.54, 1.807) is 46.9 Å². The predicted octanol–water partition coefficient (Wildman–Crippen LogP) is 15.1. The summed E-state index contributed by atoms with van der Waals surface area (Å²) in [5, 5.41) is 36.3. The van der Waals surface area contributed by atoms with Gasteiger partial charge in [0.2, 0.25) is 23.0 Å². The Labute approximate surface area is 636 Å². The average molecular weight is 1570 g/mol. The Morgan fingerprint density at radius 2 is 0.868 bits per heavy atom. The summed E-state index contributed by atoms with van der Waals surface area (Å²) in [6.07, 6.45) is 19.5. The number of ether oxygens (including phenoxy) is 4. The normalized spacial score (nSPS) is 17.3. The van der Waals surface area contributed by atoms with Gasteiger partial charge in [-0.1, -0.05) is 84.8 Å². The zero-order valence-corrected chi connectivity index (χ0v) is 65.2. The van der Waals surface area contributed by atoms with E-state index < -0.39 is 24.1 Å². The van der Waals surface area contributed by atoms with Crippen LogP contribution in [0, 0.1) is 41.9 Å². The largest absolute Gasteiger partial charge is 0.479 e. The first-order chi connectivity index (χ1) is 50.6. The zero-order valence-electron chi connectivity index (χ0n) is 60.4. The van der Waals surface area contributed by atoms with Crippen LogP contribution in [-0.4, -0.2) is 157 Å². The summed E-state index contributed by atoms with van der Waals surface area (Å²) in [5.74, 6) is 4.84. The van der Waals surface area contributed by atoms with Gasteiger partial charge in [-0.15, -0.1) is 0 Å². The number of pyridine rings is 4. The predicted molar refractivity (Wildman–Crippen MR) is 421 cm³/mol. The third-order valence-corrected chi connectivity index (χ3v) is 24.5. The molecule has 4 aliphatic heterocycles. The van der Waals surface area contributed by atoms with Crippen molar-refractivity contribution in [1.82, 2.24) is 45.2 Å². The highest BCUT2D eigenvalue weighted by Gasteiger charge is 2.50. The monoisotopic (exact) mass is 1570 g/mol. The number of aromatic nitrogens is 8. The molecule has 4 spiro atoms. The Bertz CT molecular complexity index is 4560. The van der Waals surface area contributed by atoms with E-state index in [4.69, 9.17) is 71.3 Å². The average Bonchev–Trinajstić information content (AvgIpc) is 0.757. The topological polar surface area (TPSA) is 344 Å². The molecule has 4 saturated heterocycles. The van der Waals surface area contributed by atoms with Crippen molar-refractivity contribution in [2.24, 2.45) is 21.7 Å². The smallest absolute Gasteiger partial charge is 0.331 e. The maximum atomic E-state index is 12.7. The summed E-state index contributed by atoms with van der Waals surface area (Å²) in [4.78, 5) is 60.4. The van der Waals surface area contributed by atoms with Gasteiger partial charge in [0.15, 0.2) is 11.6 Å². The molecular formula is C72H88Cl4N18O10P2. The molecule has 0 atom stereocenters. The van der Waals surface area contributed by atoms with E-state index in [1.165, 1.54) is 135 Å². The zero-order chi connectivity index (χ0) is 75.8. The lowest BCUT2D eigenvalue weighted by Crippen LogP contribution is -2.60. The lowest BCUT2D eigenvalue weighted by atomic mass is 9.63. The van der Waals surface area contributed by atoms with E-state index in [0.29, 0.717) is 78.4 Å². The van der Waals surface area contributed by atoms with Crippen molar-refractivity contribution in [2.75, 3.05) is 144 Å². The second-order valence-corrected chi connectivity index (χ2v) is 36.7. The fourth-order valence-corrected chi connectivity index (χ4v) is 16.8. The lowest BCUT2D eigenvalue weighted by Gasteiger charge is -2.56. The van der Waals surface area contributed by atoms with E-state index in [2.05, 4.69) is 75.6 Å². The molecular weight excluding hydrogens is 1480 g/mol. The molecule has 0 unspecified atom stereocenters. The number of hydrogen-bond acceptors (Lipinski definition) is 26. The summed E-state index contributed by atoms with van der Waals surface area (Å²) in [6.45, 7) is 16.0. The number of rotatable bonds is 17. The van der Waals surface area contributed by atoms with Crippen LogP contribution in [0.25, 0.3) is 0 Å². The first-order valence-corrected chi connectivity index (χ1v) is 41.4. The van der Waals surface area contributed by atoms with Crippen molar-refractivity contribution in [3.8, 4) is 23.5 Å². The van der Waals surface area contributed by atoms with Crippen molar-refractivity contribution < 1.29 is 37.9 Å². The standard InChI is InChI=1S/C24H28ClN6O2P.C12H12Cl2N3OP.C12H15N3O3.C12H17N3O.C6H5ClN2O3.C6H11N/c1-33-22-18(9-10-20(29-22)31-14-24(15-31)11-6-12-24)28-23-26-13-16(25)21(30-23)27-17-7-4-5-8-19(17)34(2,3)32;1-19(2,18)10-6-4-3-5-9(10)16-11-8(13)7-15-12(14)17-11;1-18-11-9(15(16)17)3-4-10(13-11)14-7-12(8-14)5-2-6-12;1-16-11-9(13)3-4-10(14-11)15-7-12(8-15)5-2-6-12;1-12-6-4(9(10)11)2-3-5(7)8-6;1-2-6(3-1)4-7-5-6/h4-5,7-10,13H,6,11-12,14-15H2,1-3H3,(H2,26,27,28,30);3-7H,1-2H3,(H,15,16,17);3-4H,2,5-8H2,1H3;3-4H,2,5-8,13H2,1H3;2-3H,1H3;7H,1-5H2.